The van der Waals surface area contributed by atoms with E-state index in [0.29, 0.717) is 11.6 Å². The quantitative estimate of drug-likeness (QED) is 0.850. The van der Waals surface area contributed by atoms with Gasteiger partial charge in [-0.1, -0.05) is 25.4 Å². The standard InChI is InChI=1S/C12H15ClF2N4/c1-11(2)6-19(7-12(11,14)15)10-5-8(13)17-9(18-10)3-4-16/h3-5H,6-7,16H2,1-2H3. The van der Waals surface area contributed by atoms with Crippen LogP contribution in [0.3, 0.4) is 0 Å². The Morgan fingerprint density at radius 3 is 2.58 bits per heavy atom. The topological polar surface area (TPSA) is 55.0 Å². The van der Waals surface area contributed by atoms with E-state index >= 15 is 0 Å². The lowest BCUT2D eigenvalue weighted by molar-refractivity contribution is -0.0642. The molecule has 0 amide bonds. The van der Waals surface area contributed by atoms with Crippen molar-refractivity contribution in [3.8, 4) is 0 Å². The SMILES string of the molecule is CC1(C)CN(c2cc(Cl)nc(C=CN)n2)CC1(F)F. The first-order valence-corrected chi connectivity index (χ1v) is 6.19. The van der Waals surface area contributed by atoms with Crippen LogP contribution in [0, 0.1) is 5.41 Å². The predicted molar refractivity (Wildman–Crippen MR) is 71.2 cm³/mol. The van der Waals surface area contributed by atoms with Crippen LogP contribution in [0.15, 0.2) is 12.3 Å². The Bertz CT molecular complexity index is 500. The van der Waals surface area contributed by atoms with Gasteiger partial charge in [0.2, 0.25) is 0 Å². The van der Waals surface area contributed by atoms with Gasteiger partial charge in [0.15, 0.2) is 5.82 Å². The number of aromatic nitrogens is 2. The highest BCUT2D eigenvalue weighted by Crippen LogP contribution is 2.44. The minimum Gasteiger partial charge on any atom is -0.404 e. The summed E-state index contributed by atoms with van der Waals surface area (Å²) in [5.41, 5.74) is 4.16. The lowest BCUT2D eigenvalue weighted by Crippen LogP contribution is -2.34. The van der Waals surface area contributed by atoms with E-state index in [1.165, 1.54) is 37.1 Å². The van der Waals surface area contributed by atoms with Crippen LogP contribution in [0.4, 0.5) is 14.6 Å². The Labute approximate surface area is 115 Å². The molecule has 0 radical (unpaired) electrons. The maximum Gasteiger partial charge on any atom is 0.271 e. The van der Waals surface area contributed by atoms with Gasteiger partial charge < -0.3 is 10.6 Å². The van der Waals surface area contributed by atoms with Crippen molar-refractivity contribution in [2.45, 2.75) is 19.8 Å². The van der Waals surface area contributed by atoms with Gasteiger partial charge in [-0.05, 0) is 12.3 Å². The summed E-state index contributed by atoms with van der Waals surface area (Å²) in [6.45, 7) is 2.91. The Balaban J connectivity index is 2.34. The van der Waals surface area contributed by atoms with Crippen LogP contribution < -0.4 is 10.6 Å². The van der Waals surface area contributed by atoms with Crippen LogP contribution in [-0.4, -0.2) is 29.0 Å². The Hall–Kier alpha value is -1.43. The van der Waals surface area contributed by atoms with Crippen molar-refractivity contribution in [2.24, 2.45) is 11.1 Å². The molecule has 7 heteroatoms. The average molecular weight is 289 g/mol. The maximum absolute atomic E-state index is 13.9. The minimum absolute atomic E-state index is 0.200. The molecule has 1 saturated heterocycles. The van der Waals surface area contributed by atoms with E-state index in [4.69, 9.17) is 17.3 Å². The minimum atomic E-state index is -2.77. The monoisotopic (exact) mass is 288 g/mol. The summed E-state index contributed by atoms with van der Waals surface area (Å²) in [6.07, 6.45) is 2.74. The second kappa shape index (κ2) is 4.59. The third-order valence-electron chi connectivity index (χ3n) is 3.23. The average Bonchev–Trinajstić information content (AvgIpc) is 2.48. The number of nitrogens with zero attached hydrogens (tertiary/aromatic N) is 3. The largest absolute Gasteiger partial charge is 0.404 e. The molecule has 1 aromatic heterocycles. The van der Waals surface area contributed by atoms with E-state index in [1.54, 1.807) is 0 Å². The molecule has 0 aromatic carbocycles. The zero-order chi connectivity index (χ0) is 14.3. The van der Waals surface area contributed by atoms with Crippen molar-refractivity contribution in [2.75, 3.05) is 18.0 Å². The Morgan fingerprint density at radius 2 is 2.05 bits per heavy atom. The van der Waals surface area contributed by atoms with E-state index in [1.807, 2.05) is 0 Å². The fourth-order valence-corrected chi connectivity index (χ4v) is 2.19. The third kappa shape index (κ3) is 2.63. The van der Waals surface area contributed by atoms with Crippen LogP contribution in [-0.2, 0) is 0 Å². The summed E-state index contributed by atoms with van der Waals surface area (Å²) in [7, 11) is 0. The summed E-state index contributed by atoms with van der Waals surface area (Å²) in [5, 5.41) is 0.200. The summed E-state index contributed by atoms with van der Waals surface area (Å²) >= 11 is 5.87. The molecule has 2 N–H and O–H groups in total. The molecule has 0 spiro atoms. The molecule has 0 bridgehead atoms. The lowest BCUT2D eigenvalue weighted by atomic mass is 9.89. The molecule has 1 fully saturated rings. The smallest absolute Gasteiger partial charge is 0.271 e. The second-order valence-corrected chi connectivity index (χ2v) is 5.60. The first-order chi connectivity index (χ1) is 8.75. The summed E-state index contributed by atoms with van der Waals surface area (Å²) in [5.74, 6) is -2.08. The van der Waals surface area contributed by atoms with Crippen molar-refractivity contribution in [3.05, 3.63) is 23.2 Å². The highest BCUT2D eigenvalue weighted by molar-refractivity contribution is 6.29. The molecule has 1 aliphatic rings. The molecular weight excluding hydrogens is 274 g/mol. The second-order valence-electron chi connectivity index (χ2n) is 5.21. The van der Waals surface area contributed by atoms with Crippen molar-refractivity contribution in [1.82, 2.24) is 9.97 Å². The number of anilines is 1. The van der Waals surface area contributed by atoms with Crippen molar-refractivity contribution in [3.63, 3.8) is 0 Å². The predicted octanol–water partition coefficient (Wildman–Crippen LogP) is 2.54. The van der Waals surface area contributed by atoms with E-state index in [-0.39, 0.29) is 18.2 Å². The van der Waals surface area contributed by atoms with E-state index in [0.717, 1.165) is 0 Å². The number of halogens is 3. The molecule has 19 heavy (non-hydrogen) atoms. The molecule has 0 aliphatic carbocycles. The first kappa shape index (κ1) is 14.0. The van der Waals surface area contributed by atoms with Gasteiger partial charge >= 0.3 is 0 Å². The van der Waals surface area contributed by atoms with Gasteiger partial charge in [0.05, 0.1) is 6.54 Å². The van der Waals surface area contributed by atoms with Gasteiger partial charge in [-0.25, -0.2) is 18.7 Å². The van der Waals surface area contributed by atoms with Crippen molar-refractivity contribution < 1.29 is 8.78 Å². The van der Waals surface area contributed by atoms with Crippen LogP contribution in [0.25, 0.3) is 6.08 Å². The molecule has 1 aliphatic heterocycles. The number of alkyl halides is 2. The van der Waals surface area contributed by atoms with Gasteiger partial charge in [0.25, 0.3) is 5.92 Å². The van der Waals surface area contributed by atoms with Crippen LogP contribution in [0.5, 0.6) is 0 Å². The summed E-state index contributed by atoms with van der Waals surface area (Å²) < 4.78 is 27.7. The summed E-state index contributed by atoms with van der Waals surface area (Å²) in [6, 6.07) is 1.48. The van der Waals surface area contributed by atoms with Gasteiger partial charge in [-0.15, -0.1) is 0 Å². The van der Waals surface area contributed by atoms with E-state index in [2.05, 4.69) is 9.97 Å². The Kier molecular flexibility index (Phi) is 3.38. The zero-order valence-corrected chi connectivity index (χ0v) is 11.5. The van der Waals surface area contributed by atoms with Gasteiger partial charge in [0.1, 0.15) is 11.0 Å². The van der Waals surface area contributed by atoms with Gasteiger partial charge in [-0.2, -0.15) is 0 Å². The Morgan fingerprint density at radius 1 is 1.37 bits per heavy atom. The van der Waals surface area contributed by atoms with Gasteiger partial charge in [0, 0.05) is 18.0 Å². The molecule has 2 rings (SSSR count). The highest BCUT2D eigenvalue weighted by Gasteiger charge is 2.54. The van der Waals surface area contributed by atoms with E-state index < -0.39 is 11.3 Å². The number of hydrogen-bond acceptors (Lipinski definition) is 4. The maximum atomic E-state index is 13.9. The van der Waals surface area contributed by atoms with Gasteiger partial charge in [-0.3, -0.25) is 0 Å². The number of hydrogen-bond donors (Lipinski definition) is 1. The fourth-order valence-electron chi connectivity index (χ4n) is 2.01. The number of nitrogens with two attached hydrogens (primary N) is 1. The summed E-state index contributed by atoms with van der Waals surface area (Å²) in [4.78, 5) is 9.62. The lowest BCUT2D eigenvalue weighted by Gasteiger charge is -2.23. The molecule has 104 valence electrons. The van der Waals surface area contributed by atoms with E-state index in [9.17, 15) is 8.78 Å². The molecular formula is C12H15ClF2N4. The van der Waals surface area contributed by atoms with Crippen molar-refractivity contribution >= 4 is 23.5 Å². The van der Waals surface area contributed by atoms with Crippen LogP contribution in [0.1, 0.15) is 19.7 Å². The normalized spacial score (nSPS) is 21.2. The molecule has 0 saturated carbocycles. The third-order valence-corrected chi connectivity index (χ3v) is 3.43. The molecule has 1 aromatic rings. The van der Waals surface area contributed by atoms with Crippen LogP contribution in [0.2, 0.25) is 5.15 Å². The fraction of sp³-hybridized carbons (Fsp3) is 0.500. The zero-order valence-electron chi connectivity index (χ0n) is 10.7. The van der Waals surface area contributed by atoms with Crippen molar-refractivity contribution in [1.29, 1.82) is 0 Å². The van der Waals surface area contributed by atoms with Crippen LogP contribution >= 0.6 is 11.6 Å². The first-order valence-electron chi connectivity index (χ1n) is 5.81. The highest BCUT2D eigenvalue weighted by atomic mass is 35.5. The molecule has 0 unspecified atom stereocenters. The number of rotatable bonds is 2. The molecule has 4 nitrogen and oxygen atoms in total. The molecule has 2 heterocycles. The molecule has 0 atom stereocenters.